The molecule has 0 aromatic carbocycles. The van der Waals surface area contributed by atoms with E-state index in [0.717, 1.165) is 13.2 Å². The molecule has 0 bridgehead atoms. The highest BCUT2D eigenvalue weighted by molar-refractivity contribution is 4.85. The van der Waals surface area contributed by atoms with Gasteiger partial charge in [0.15, 0.2) is 0 Å². The van der Waals surface area contributed by atoms with Crippen LogP contribution in [-0.2, 0) is 9.47 Å². The van der Waals surface area contributed by atoms with Crippen molar-refractivity contribution in [1.29, 1.82) is 0 Å². The van der Waals surface area contributed by atoms with E-state index < -0.39 is 0 Å². The zero-order valence-corrected chi connectivity index (χ0v) is 7.56. The molecule has 2 nitrogen and oxygen atoms in total. The Hall–Kier alpha value is -0.0800. The summed E-state index contributed by atoms with van der Waals surface area (Å²) in [4.78, 5) is 0. The van der Waals surface area contributed by atoms with Crippen LogP contribution in [0, 0.1) is 0 Å². The molecular formula is C9H18O2. The van der Waals surface area contributed by atoms with Crippen molar-refractivity contribution in [3.05, 3.63) is 0 Å². The lowest BCUT2D eigenvalue weighted by Gasteiger charge is -2.26. The number of rotatable bonds is 4. The van der Waals surface area contributed by atoms with Gasteiger partial charge in [-0.3, -0.25) is 0 Å². The first-order chi connectivity index (χ1) is 5.33. The van der Waals surface area contributed by atoms with E-state index in [2.05, 4.69) is 0 Å². The smallest absolute Gasteiger partial charge is 0.0911 e. The molecule has 1 fully saturated rings. The summed E-state index contributed by atoms with van der Waals surface area (Å²) < 4.78 is 10.9. The maximum absolute atomic E-state index is 5.48. The minimum absolute atomic E-state index is 0.0655. The van der Waals surface area contributed by atoms with E-state index in [1.54, 1.807) is 7.11 Å². The Morgan fingerprint density at radius 2 is 1.91 bits per heavy atom. The van der Waals surface area contributed by atoms with E-state index in [-0.39, 0.29) is 5.60 Å². The van der Waals surface area contributed by atoms with Crippen molar-refractivity contribution >= 4 is 0 Å². The van der Waals surface area contributed by atoms with E-state index in [4.69, 9.17) is 9.47 Å². The minimum Gasteiger partial charge on any atom is -0.379 e. The third-order valence-corrected chi connectivity index (χ3v) is 2.52. The first kappa shape index (κ1) is 9.01. The first-order valence-corrected chi connectivity index (χ1v) is 4.46. The van der Waals surface area contributed by atoms with Crippen molar-refractivity contribution in [2.24, 2.45) is 0 Å². The lowest BCUT2D eigenvalue weighted by molar-refractivity contribution is -0.0682. The SMILES string of the molecule is CCOCC1(OC)CCCC1. The summed E-state index contributed by atoms with van der Waals surface area (Å²) >= 11 is 0. The van der Waals surface area contributed by atoms with Gasteiger partial charge in [-0.25, -0.2) is 0 Å². The lowest BCUT2D eigenvalue weighted by Crippen LogP contribution is -2.33. The van der Waals surface area contributed by atoms with Crippen molar-refractivity contribution in [3.8, 4) is 0 Å². The Morgan fingerprint density at radius 1 is 1.27 bits per heavy atom. The van der Waals surface area contributed by atoms with Gasteiger partial charge < -0.3 is 9.47 Å². The van der Waals surface area contributed by atoms with Gasteiger partial charge in [-0.05, 0) is 19.8 Å². The second-order valence-electron chi connectivity index (χ2n) is 3.23. The van der Waals surface area contributed by atoms with Gasteiger partial charge in [0.1, 0.15) is 0 Å². The van der Waals surface area contributed by atoms with Crippen LogP contribution in [-0.4, -0.2) is 25.9 Å². The maximum Gasteiger partial charge on any atom is 0.0911 e. The van der Waals surface area contributed by atoms with E-state index in [0.29, 0.717) is 0 Å². The number of hydrogen-bond acceptors (Lipinski definition) is 2. The Kier molecular flexibility index (Phi) is 3.34. The Bertz CT molecular complexity index is 106. The summed E-state index contributed by atoms with van der Waals surface area (Å²) in [5.74, 6) is 0. The van der Waals surface area contributed by atoms with Gasteiger partial charge in [-0.15, -0.1) is 0 Å². The molecule has 0 aromatic heterocycles. The maximum atomic E-state index is 5.48. The van der Waals surface area contributed by atoms with Crippen LogP contribution in [0.2, 0.25) is 0 Å². The first-order valence-electron chi connectivity index (χ1n) is 4.46. The Balaban J connectivity index is 2.33. The molecule has 2 heteroatoms. The highest BCUT2D eigenvalue weighted by Gasteiger charge is 2.33. The van der Waals surface area contributed by atoms with Crippen LogP contribution in [0.15, 0.2) is 0 Å². The van der Waals surface area contributed by atoms with E-state index in [1.807, 2.05) is 6.92 Å². The molecule has 0 aromatic rings. The summed E-state index contributed by atoms with van der Waals surface area (Å²) in [6, 6.07) is 0. The molecular weight excluding hydrogens is 140 g/mol. The van der Waals surface area contributed by atoms with Crippen molar-refractivity contribution in [2.45, 2.75) is 38.2 Å². The summed E-state index contributed by atoms with van der Waals surface area (Å²) in [5, 5.41) is 0. The predicted octanol–water partition coefficient (Wildman–Crippen LogP) is 1.98. The molecule has 1 rings (SSSR count). The Morgan fingerprint density at radius 3 is 2.36 bits per heavy atom. The van der Waals surface area contributed by atoms with Crippen LogP contribution in [0.1, 0.15) is 32.6 Å². The third kappa shape index (κ3) is 2.17. The van der Waals surface area contributed by atoms with Crippen LogP contribution in [0.4, 0.5) is 0 Å². The summed E-state index contributed by atoms with van der Waals surface area (Å²) in [6.45, 7) is 3.60. The van der Waals surface area contributed by atoms with Gasteiger partial charge in [-0.1, -0.05) is 12.8 Å². The molecule has 0 saturated heterocycles. The van der Waals surface area contributed by atoms with Gasteiger partial charge in [-0.2, -0.15) is 0 Å². The molecule has 0 N–H and O–H groups in total. The molecule has 0 atom stereocenters. The highest BCUT2D eigenvalue weighted by Crippen LogP contribution is 2.32. The van der Waals surface area contributed by atoms with Crippen molar-refractivity contribution < 1.29 is 9.47 Å². The lowest BCUT2D eigenvalue weighted by atomic mass is 10.0. The second kappa shape index (κ2) is 4.07. The fraction of sp³-hybridized carbons (Fsp3) is 1.00. The molecule has 1 saturated carbocycles. The molecule has 66 valence electrons. The molecule has 0 spiro atoms. The average Bonchev–Trinajstić information content (AvgIpc) is 2.50. The average molecular weight is 158 g/mol. The van der Waals surface area contributed by atoms with Crippen LogP contribution in [0.25, 0.3) is 0 Å². The topological polar surface area (TPSA) is 18.5 Å². The number of ether oxygens (including phenoxy) is 2. The van der Waals surface area contributed by atoms with Crippen LogP contribution in [0.5, 0.6) is 0 Å². The number of hydrogen-bond donors (Lipinski definition) is 0. The molecule has 0 heterocycles. The molecule has 0 amide bonds. The van der Waals surface area contributed by atoms with Gasteiger partial charge in [0.2, 0.25) is 0 Å². The van der Waals surface area contributed by atoms with Crippen molar-refractivity contribution in [2.75, 3.05) is 20.3 Å². The van der Waals surface area contributed by atoms with Crippen LogP contribution >= 0.6 is 0 Å². The molecule has 1 aliphatic rings. The third-order valence-electron chi connectivity index (χ3n) is 2.52. The second-order valence-corrected chi connectivity index (χ2v) is 3.23. The largest absolute Gasteiger partial charge is 0.379 e. The predicted molar refractivity (Wildman–Crippen MR) is 44.7 cm³/mol. The zero-order chi connectivity index (χ0) is 8.16. The monoisotopic (exact) mass is 158 g/mol. The molecule has 11 heavy (non-hydrogen) atoms. The molecule has 0 unspecified atom stereocenters. The number of methoxy groups -OCH3 is 1. The summed E-state index contributed by atoms with van der Waals surface area (Å²) in [7, 11) is 1.80. The fourth-order valence-electron chi connectivity index (χ4n) is 1.71. The minimum atomic E-state index is 0.0655. The van der Waals surface area contributed by atoms with E-state index in [1.165, 1.54) is 25.7 Å². The van der Waals surface area contributed by atoms with E-state index in [9.17, 15) is 0 Å². The van der Waals surface area contributed by atoms with Gasteiger partial charge in [0, 0.05) is 13.7 Å². The van der Waals surface area contributed by atoms with Gasteiger partial charge >= 0.3 is 0 Å². The van der Waals surface area contributed by atoms with Gasteiger partial charge in [0.25, 0.3) is 0 Å². The zero-order valence-electron chi connectivity index (χ0n) is 7.56. The van der Waals surface area contributed by atoms with Crippen molar-refractivity contribution in [1.82, 2.24) is 0 Å². The fourth-order valence-corrected chi connectivity index (χ4v) is 1.71. The standard InChI is InChI=1S/C9H18O2/c1-3-11-8-9(10-2)6-4-5-7-9/h3-8H2,1-2H3. The molecule has 1 aliphatic carbocycles. The Labute approximate surface area is 68.9 Å². The molecule has 0 radical (unpaired) electrons. The summed E-state index contributed by atoms with van der Waals surface area (Å²) in [6.07, 6.45) is 4.93. The highest BCUT2D eigenvalue weighted by atomic mass is 16.5. The normalized spacial score (nSPS) is 22.4. The van der Waals surface area contributed by atoms with Gasteiger partial charge in [0.05, 0.1) is 12.2 Å². The van der Waals surface area contributed by atoms with E-state index >= 15 is 0 Å². The van der Waals surface area contributed by atoms with Crippen LogP contribution < -0.4 is 0 Å². The quantitative estimate of drug-likeness (QED) is 0.623. The van der Waals surface area contributed by atoms with Crippen molar-refractivity contribution in [3.63, 3.8) is 0 Å². The summed E-state index contributed by atoms with van der Waals surface area (Å²) in [5.41, 5.74) is 0.0655. The van der Waals surface area contributed by atoms with Crippen LogP contribution in [0.3, 0.4) is 0 Å². The molecule has 0 aliphatic heterocycles.